The van der Waals surface area contributed by atoms with E-state index in [1.807, 2.05) is 25.1 Å². The van der Waals surface area contributed by atoms with Crippen molar-refractivity contribution in [1.82, 2.24) is 0 Å². The van der Waals surface area contributed by atoms with Crippen LogP contribution in [0.15, 0.2) is 42.0 Å². The number of benzene rings is 2. The summed E-state index contributed by atoms with van der Waals surface area (Å²) < 4.78 is 9.75. The molecule has 0 aromatic heterocycles. The van der Waals surface area contributed by atoms with Gasteiger partial charge in [-0.25, -0.2) is 9.59 Å². The molecule has 2 aromatic rings. The van der Waals surface area contributed by atoms with E-state index in [1.54, 1.807) is 6.92 Å². The molecule has 0 N–H and O–H groups in total. The third kappa shape index (κ3) is 7.10. The molecule has 3 rings (SSSR count). The lowest BCUT2D eigenvalue weighted by Crippen LogP contribution is -2.08. The summed E-state index contributed by atoms with van der Waals surface area (Å²) in [5.74, 6) is -1.01. The van der Waals surface area contributed by atoms with Gasteiger partial charge < -0.3 is 9.47 Å². The molecule has 2 aromatic carbocycles. The van der Waals surface area contributed by atoms with Gasteiger partial charge >= 0.3 is 11.9 Å². The molecule has 0 aliphatic heterocycles. The number of ketones is 1. The van der Waals surface area contributed by atoms with Crippen LogP contribution in [0.2, 0.25) is 0 Å². The van der Waals surface area contributed by atoms with Gasteiger partial charge in [-0.05, 0) is 69.5 Å². The highest BCUT2D eigenvalue weighted by Crippen LogP contribution is 2.25. The lowest BCUT2D eigenvalue weighted by Gasteiger charge is -2.05. The van der Waals surface area contributed by atoms with Crippen molar-refractivity contribution in [2.45, 2.75) is 40.5 Å². The van der Waals surface area contributed by atoms with Gasteiger partial charge in [-0.1, -0.05) is 17.7 Å². The number of Topliss-reactive ketones (excluding diaryl/α,β-unsaturated/α-hetero) is 1. The summed E-state index contributed by atoms with van der Waals surface area (Å²) in [5.41, 5.74) is 4.68. The van der Waals surface area contributed by atoms with Crippen LogP contribution in [0.5, 0.6) is 0 Å². The second kappa shape index (κ2) is 11.7. The molecule has 0 saturated carbocycles. The zero-order valence-corrected chi connectivity index (χ0v) is 19.2. The Morgan fingerprint density at radius 1 is 0.970 bits per heavy atom. The Morgan fingerprint density at radius 2 is 1.55 bits per heavy atom. The molecule has 0 saturated heterocycles. The number of nitro benzene ring substituents is 1. The second-order valence-corrected chi connectivity index (χ2v) is 7.50. The SMILES string of the molecule is CCOC(=O)c1ccc([N+](=O)[O-])c(CC(C)=O)c1.CCOC(=O)c1ccc2c(c1)C=C(C)C2. The molecule has 8 heteroatoms. The summed E-state index contributed by atoms with van der Waals surface area (Å²) in [6.45, 7) is 7.56. The number of carbonyl (C=O) groups excluding carboxylic acids is 3. The number of ether oxygens (including phenoxy) is 2. The predicted octanol–water partition coefficient (Wildman–Crippen LogP) is 4.73. The zero-order chi connectivity index (χ0) is 24.5. The summed E-state index contributed by atoms with van der Waals surface area (Å²) in [7, 11) is 0. The number of hydrogen-bond acceptors (Lipinski definition) is 7. The molecule has 0 unspecified atom stereocenters. The van der Waals surface area contributed by atoms with Gasteiger partial charge in [0.1, 0.15) is 5.78 Å². The van der Waals surface area contributed by atoms with Gasteiger partial charge in [-0.3, -0.25) is 14.9 Å². The van der Waals surface area contributed by atoms with Crippen molar-refractivity contribution in [3.63, 3.8) is 0 Å². The lowest BCUT2D eigenvalue weighted by molar-refractivity contribution is -0.385. The third-order valence-corrected chi connectivity index (χ3v) is 4.75. The van der Waals surface area contributed by atoms with Crippen molar-refractivity contribution in [3.05, 3.63) is 79.9 Å². The van der Waals surface area contributed by atoms with Crippen LogP contribution in [0, 0.1) is 10.1 Å². The third-order valence-electron chi connectivity index (χ3n) is 4.75. The maximum absolute atomic E-state index is 11.5. The normalized spacial score (nSPS) is 11.5. The maximum atomic E-state index is 11.5. The average Bonchev–Trinajstić information content (AvgIpc) is 3.13. The fourth-order valence-corrected chi connectivity index (χ4v) is 3.36. The van der Waals surface area contributed by atoms with Gasteiger partial charge in [0.25, 0.3) is 5.69 Å². The summed E-state index contributed by atoms with van der Waals surface area (Å²) in [4.78, 5) is 44.2. The van der Waals surface area contributed by atoms with Crippen molar-refractivity contribution in [1.29, 1.82) is 0 Å². The van der Waals surface area contributed by atoms with Crippen LogP contribution in [0.1, 0.15) is 65.1 Å². The molecule has 0 radical (unpaired) electrons. The Bertz CT molecular complexity index is 1100. The van der Waals surface area contributed by atoms with E-state index >= 15 is 0 Å². The van der Waals surface area contributed by atoms with Crippen molar-refractivity contribution < 1.29 is 28.8 Å². The quantitative estimate of drug-likeness (QED) is 0.338. The molecule has 8 nitrogen and oxygen atoms in total. The van der Waals surface area contributed by atoms with Crippen molar-refractivity contribution in [2.75, 3.05) is 13.2 Å². The van der Waals surface area contributed by atoms with Crippen LogP contribution >= 0.6 is 0 Å². The molecular weight excluding hydrogens is 426 g/mol. The van der Waals surface area contributed by atoms with Gasteiger partial charge in [0.2, 0.25) is 0 Å². The minimum atomic E-state index is -0.576. The van der Waals surface area contributed by atoms with Crippen LogP contribution in [-0.2, 0) is 27.1 Å². The number of rotatable bonds is 7. The highest BCUT2D eigenvalue weighted by molar-refractivity contribution is 5.91. The Morgan fingerprint density at radius 3 is 2.09 bits per heavy atom. The Hall–Kier alpha value is -3.81. The number of esters is 2. The molecule has 0 spiro atoms. The van der Waals surface area contributed by atoms with E-state index in [0.717, 1.165) is 12.0 Å². The standard InChI is InChI=1S/C13H14O2.C12H13NO5/c1-3-15-13(14)11-5-4-10-6-9(2)7-12(10)8-11;1-3-18-12(15)9-4-5-11(13(16)17)10(7-9)6-8(2)14/h4-5,7-8H,3,6H2,1-2H3;4-5,7H,3,6H2,1-2H3. The topological polar surface area (TPSA) is 113 Å². The van der Waals surface area contributed by atoms with E-state index in [-0.39, 0.29) is 41.6 Å². The van der Waals surface area contributed by atoms with Crippen LogP contribution in [0.3, 0.4) is 0 Å². The number of nitro groups is 1. The highest BCUT2D eigenvalue weighted by Gasteiger charge is 2.18. The molecule has 0 fully saturated rings. The monoisotopic (exact) mass is 453 g/mol. The van der Waals surface area contributed by atoms with Gasteiger partial charge in [0, 0.05) is 18.1 Å². The van der Waals surface area contributed by atoms with E-state index in [0.29, 0.717) is 12.2 Å². The Labute approximate surface area is 192 Å². The number of nitrogens with zero attached hydrogens (tertiary/aromatic N) is 1. The molecule has 0 atom stereocenters. The second-order valence-electron chi connectivity index (χ2n) is 7.50. The van der Waals surface area contributed by atoms with Gasteiger partial charge in [-0.15, -0.1) is 0 Å². The van der Waals surface area contributed by atoms with Crippen molar-refractivity contribution in [2.24, 2.45) is 0 Å². The summed E-state index contributed by atoms with van der Waals surface area (Å²) >= 11 is 0. The smallest absolute Gasteiger partial charge is 0.338 e. The van der Waals surface area contributed by atoms with E-state index < -0.39 is 10.9 Å². The summed E-state index contributed by atoms with van der Waals surface area (Å²) in [6.07, 6.45) is 3.04. The first-order valence-electron chi connectivity index (χ1n) is 10.6. The van der Waals surface area contributed by atoms with Gasteiger partial charge in [0.15, 0.2) is 0 Å². The average molecular weight is 453 g/mol. The fourth-order valence-electron chi connectivity index (χ4n) is 3.36. The van der Waals surface area contributed by atoms with Gasteiger partial charge in [0.05, 0.1) is 29.3 Å². The molecule has 33 heavy (non-hydrogen) atoms. The first kappa shape index (κ1) is 25.5. The maximum Gasteiger partial charge on any atom is 0.338 e. The lowest BCUT2D eigenvalue weighted by atomic mass is 10.0. The molecular formula is C25H27NO7. The van der Waals surface area contributed by atoms with E-state index in [2.05, 4.69) is 13.0 Å². The van der Waals surface area contributed by atoms with Crippen molar-refractivity contribution >= 4 is 29.5 Å². The molecule has 0 heterocycles. The molecule has 0 amide bonds. The van der Waals surface area contributed by atoms with Gasteiger partial charge in [-0.2, -0.15) is 0 Å². The minimum Gasteiger partial charge on any atom is -0.462 e. The van der Waals surface area contributed by atoms with Crippen LogP contribution in [0.4, 0.5) is 5.69 Å². The fraction of sp³-hybridized carbons (Fsp3) is 0.320. The van der Waals surface area contributed by atoms with Crippen LogP contribution in [-0.4, -0.2) is 35.9 Å². The first-order chi connectivity index (χ1) is 15.7. The molecule has 0 bridgehead atoms. The number of fused-ring (bicyclic) bond motifs is 1. The molecule has 1 aliphatic rings. The van der Waals surface area contributed by atoms with Crippen molar-refractivity contribution in [3.8, 4) is 0 Å². The largest absolute Gasteiger partial charge is 0.462 e. The Kier molecular flexibility index (Phi) is 9.03. The van der Waals surface area contributed by atoms with Crippen LogP contribution < -0.4 is 0 Å². The van der Waals surface area contributed by atoms with E-state index in [1.165, 1.54) is 36.3 Å². The highest BCUT2D eigenvalue weighted by atomic mass is 16.6. The van der Waals surface area contributed by atoms with E-state index in [9.17, 15) is 24.5 Å². The Balaban J connectivity index is 0.000000237. The number of hydrogen-bond donors (Lipinski definition) is 0. The number of carbonyl (C=O) groups is 3. The summed E-state index contributed by atoms with van der Waals surface area (Å²) in [5, 5.41) is 10.8. The molecule has 174 valence electrons. The zero-order valence-electron chi connectivity index (χ0n) is 19.2. The van der Waals surface area contributed by atoms with Crippen LogP contribution in [0.25, 0.3) is 6.08 Å². The predicted molar refractivity (Wildman–Crippen MR) is 123 cm³/mol. The first-order valence-corrected chi connectivity index (χ1v) is 10.6. The summed E-state index contributed by atoms with van der Waals surface area (Å²) in [6, 6.07) is 9.61. The minimum absolute atomic E-state index is 0.0798. The molecule has 1 aliphatic carbocycles. The van der Waals surface area contributed by atoms with E-state index in [4.69, 9.17) is 9.47 Å². The number of allylic oxidation sites excluding steroid dienone is 1.